The second-order valence-corrected chi connectivity index (χ2v) is 5.87. The molecule has 0 amide bonds. The number of rotatable bonds is 7. The van der Waals surface area contributed by atoms with Gasteiger partial charge in [-0.2, -0.15) is 0 Å². The molecule has 0 aliphatic heterocycles. The number of Topliss-reactive ketones (excluding diaryl/α,β-unsaturated/α-hetero) is 1. The summed E-state index contributed by atoms with van der Waals surface area (Å²) < 4.78 is 5.90. The van der Waals surface area contributed by atoms with E-state index >= 15 is 0 Å². The molecule has 114 valence electrons. The Morgan fingerprint density at radius 3 is 2.43 bits per heavy atom. The van der Waals surface area contributed by atoms with E-state index in [1.54, 1.807) is 6.92 Å². The highest BCUT2D eigenvalue weighted by molar-refractivity contribution is 9.10. The van der Waals surface area contributed by atoms with Gasteiger partial charge in [0.2, 0.25) is 0 Å². The first-order chi connectivity index (χ1) is 9.93. The van der Waals surface area contributed by atoms with Crippen molar-refractivity contribution >= 4 is 33.4 Å². The van der Waals surface area contributed by atoms with Crippen LogP contribution in [0, 0.1) is 5.92 Å². The standard InChI is InChI=1S/C16H20BrNO3/c1-4-21-16(20)14(15(19)9-11(2)3)10-18-13-7-5-12(17)6-8-13/h5-8,10-11,18H,4,9H2,1-3H3. The number of anilines is 1. The highest BCUT2D eigenvalue weighted by atomic mass is 79.9. The van der Waals surface area contributed by atoms with Gasteiger partial charge in [-0.05, 0) is 37.1 Å². The summed E-state index contributed by atoms with van der Waals surface area (Å²) in [6.07, 6.45) is 1.73. The van der Waals surface area contributed by atoms with Crippen molar-refractivity contribution in [2.24, 2.45) is 5.92 Å². The van der Waals surface area contributed by atoms with Crippen LogP contribution >= 0.6 is 15.9 Å². The van der Waals surface area contributed by atoms with Crippen LogP contribution in [0.4, 0.5) is 5.69 Å². The van der Waals surface area contributed by atoms with E-state index in [2.05, 4.69) is 21.2 Å². The van der Waals surface area contributed by atoms with Crippen molar-refractivity contribution in [3.8, 4) is 0 Å². The molecule has 4 nitrogen and oxygen atoms in total. The zero-order valence-corrected chi connectivity index (χ0v) is 14.1. The van der Waals surface area contributed by atoms with E-state index in [0.29, 0.717) is 6.42 Å². The molecular formula is C16H20BrNO3. The minimum atomic E-state index is -0.590. The van der Waals surface area contributed by atoms with E-state index in [1.165, 1.54) is 6.20 Å². The van der Waals surface area contributed by atoms with E-state index in [1.807, 2.05) is 38.1 Å². The SMILES string of the molecule is CCOC(=O)C(=CNc1ccc(Br)cc1)C(=O)CC(C)C. The third-order valence-electron chi connectivity index (χ3n) is 2.62. The average molecular weight is 354 g/mol. The number of hydrogen-bond donors (Lipinski definition) is 1. The number of hydrogen-bond acceptors (Lipinski definition) is 4. The molecule has 0 bridgehead atoms. The summed E-state index contributed by atoms with van der Waals surface area (Å²) in [6.45, 7) is 5.82. The first kappa shape index (κ1) is 17.4. The lowest BCUT2D eigenvalue weighted by atomic mass is 10.0. The molecule has 0 atom stereocenters. The molecule has 0 fully saturated rings. The number of nitrogens with one attached hydrogen (secondary N) is 1. The summed E-state index contributed by atoms with van der Waals surface area (Å²) in [7, 11) is 0. The molecule has 0 heterocycles. The molecule has 0 saturated heterocycles. The van der Waals surface area contributed by atoms with Crippen molar-refractivity contribution in [1.82, 2.24) is 0 Å². The molecular weight excluding hydrogens is 334 g/mol. The van der Waals surface area contributed by atoms with Gasteiger partial charge in [0.15, 0.2) is 5.78 Å². The fourth-order valence-corrected chi connectivity index (χ4v) is 1.91. The molecule has 1 N–H and O–H groups in total. The van der Waals surface area contributed by atoms with Crippen LogP contribution in [0.15, 0.2) is 40.5 Å². The molecule has 0 aromatic heterocycles. The number of carbonyl (C=O) groups excluding carboxylic acids is 2. The van der Waals surface area contributed by atoms with Crippen LogP contribution in [0.2, 0.25) is 0 Å². The highest BCUT2D eigenvalue weighted by Crippen LogP contribution is 2.15. The Bertz CT molecular complexity index is 521. The van der Waals surface area contributed by atoms with Crippen molar-refractivity contribution in [1.29, 1.82) is 0 Å². The Labute approximate surface area is 133 Å². The minimum Gasteiger partial charge on any atom is -0.462 e. The molecule has 0 radical (unpaired) electrons. The summed E-state index contributed by atoms with van der Waals surface area (Å²) in [5.41, 5.74) is 0.839. The number of carbonyl (C=O) groups is 2. The largest absolute Gasteiger partial charge is 0.462 e. The predicted octanol–water partition coefficient (Wildman–Crippen LogP) is 3.92. The molecule has 0 unspecified atom stereocenters. The van der Waals surface area contributed by atoms with Crippen LogP contribution in [0.25, 0.3) is 0 Å². The van der Waals surface area contributed by atoms with Gasteiger partial charge in [0.1, 0.15) is 5.57 Å². The first-order valence-electron chi connectivity index (χ1n) is 6.86. The van der Waals surface area contributed by atoms with Crippen LogP contribution in [-0.2, 0) is 14.3 Å². The Hall–Kier alpha value is -1.62. The zero-order valence-electron chi connectivity index (χ0n) is 12.5. The van der Waals surface area contributed by atoms with Crippen molar-refractivity contribution in [2.75, 3.05) is 11.9 Å². The van der Waals surface area contributed by atoms with Crippen LogP contribution in [0.3, 0.4) is 0 Å². The van der Waals surface area contributed by atoms with Crippen LogP contribution in [0.1, 0.15) is 27.2 Å². The van der Waals surface area contributed by atoms with Gasteiger partial charge in [-0.25, -0.2) is 4.79 Å². The van der Waals surface area contributed by atoms with Crippen LogP contribution in [0.5, 0.6) is 0 Å². The molecule has 1 aromatic rings. The molecule has 1 aromatic carbocycles. The average Bonchev–Trinajstić information content (AvgIpc) is 2.40. The number of halogens is 1. The molecule has 0 saturated carbocycles. The molecule has 0 spiro atoms. The van der Waals surface area contributed by atoms with Crippen molar-refractivity contribution in [3.05, 3.63) is 40.5 Å². The van der Waals surface area contributed by atoms with E-state index < -0.39 is 5.97 Å². The maximum absolute atomic E-state index is 12.1. The number of ether oxygens (including phenoxy) is 1. The minimum absolute atomic E-state index is 0.0495. The van der Waals surface area contributed by atoms with Gasteiger partial charge < -0.3 is 10.1 Å². The van der Waals surface area contributed by atoms with E-state index in [0.717, 1.165) is 10.2 Å². The smallest absolute Gasteiger partial charge is 0.343 e. The summed E-state index contributed by atoms with van der Waals surface area (Å²) in [5.74, 6) is -0.621. The van der Waals surface area contributed by atoms with Crippen LogP contribution in [-0.4, -0.2) is 18.4 Å². The second kappa shape index (κ2) is 8.62. The van der Waals surface area contributed by atoms with Gasteiger partial charge in [-0.3, -0.25) is 4.79 Å². The Balaban J connectivity index is 2.88. The van der Waals surface area contributed by atoms with Gasteiger partial charge in [-0.15, -0.1) is 0 Å². The lowest BCUT2D eigenvalue weighted by Crippen LogP contribution is -2.18. The summed E-state index contributed by atoms with van der Waals surface area (Å²) in [4.78, 5) is 24.0. The molecule has 1 rings (SSSR count). The maximum atomic E-state index is 12.1. The summed E-state index contributed by atoms with van der Waals surface area (Å²) >= 11 is 3.35. The highest BCUT2D eigenvalue weighted by Gasteiger charge is 2.20. The summed E-state index contributed by atoms with van der Waals surface area (Å²) in [6, 6.07) is 7.43. The molecule has 21 heavy (non-hydrogen) atoms. The van der Waals surface area contributed by atoms with Gasteiger partial charge in [0, 0.05) is 22.8 Å². The Morgan fingerprint density at radius 2 is 1.90 bits per heavy atom. The Kier molecular flexibility index (Phi) is 7.15. The van der Waals surface area contributed by atoms with Crippen molar-refractivity contribution in [2.45, 2.75) is 27.2 Å². The zero-order chi connectivity index (χ0) is 15.8. The molecule has 0 aliphatic carbocycles. The van der Waals surface area contributed by atoms with Gasteiger partial charge >= 0.3 is 5.97 Å². The monoisotopic (exact) mass is 353 g/mol. The van der Waals surface area contributed by atoms with Crippen molar-refractivity contribution < 1.29 is 14.3 Å². The quantitative estimate of drug-likeness (QED) is 0.349. The molecule has 0 aliphatic rings. The van der Waals surface area contributed by atoms with Crippen LogP contribution < -0.4 is 5.32 Å². The van der Waals surface area contributed by atoms with E-state index in [-0.39, 0.29) is 23.9 Å². The summed E-state index contributed by atoms with van der Waals surface area (Å²) in [5, 5.41) is 2.96. The maximum Gasteiger partial charge on any atom is 0.343 e. The van der Waals surface area contributed by atoms with E-state index in [4.69, 9.17) is 4.74 Å². The van der Waals surface area contributed by atoms with Crippen molar-refractivity contribution in [3.63, 3.8) is 0 Å². The lowest BCUT2D eigenvalue weighted by molar-refractivity contribution is -0.140. The van der Waals surface area contributed by atoms with Gasteiger partial charge in [0.25, 0.3) is 0 Å². The fourth-order valence-electron chi connectivity index (χ4n) is 1.64. The van der Waals surface area contributed by atoms with Gasteiger partial charge in [0.05, 0.1) is 6.61 Å². The first-order valence-corrected chi connectivity index (χ1v) is 7.66. The fraction of sp³-hybridized carbons (Fsp3) is 0.375. The number of ketones is 1. The third-order valence-corrected chi connectivity index (χ3v) is 3.15. The molecule has 5 heteroatoms. The van der Waals surface area contributed by atoms with E-state index in [9.17, 15) is 9.59 Å². The topological polar surface area (TPSA) is 55.4 Å². The lowest BCUT2D eigenvalue weighted by Gasteiger charge is -2.09. The second-order valence-electron chi connectivity index (χ2n) is 4.95. The number of benzene rings is 1. The Morgan fingerprint density at radius 1 is 1.29 bits per heavy atom. The van der Waals surface area contributed by atoms with Gasteiger partial charge in [-0.1, -0.05) is 29.8 Å². The third kappa shape index (κ3) is 6.12. The normalized spacial score (nSPS) is 11.4. The number of esters is 1. The predicted molar refractivity (Wildman–Crippen MR) is 86.9 cm³/mol.